The predicted molar refractivity (Wildman–Crippen MR) is 74.5 cm³/mol. The molecule has 0 fully saturated rings. The molecule has 0 unspecified atom stereocenters. The monoisotopic (exact) mass is 265 g/mol. The van der Waals surface area contributed by atoms with Gasteiger partial charge in [-0.2, -0.15) is 0 Å². The van der Waals surface area contributed by atoms with Crippen LogP contribution < -0.4 is 10.6 Å². The summed E-state index contributed by atoms with van der Waals surface area (Å²) in [5.41, 5.74) is 1.86. The lowest BCUT2D eigenvalue weighted by Gasteiger charge is -2.10. The van der Waals surface area contributed by atoms with E-state index in [4.69, 9.17) is 0 Å². The Kier molecular flexibility index (Phi) is 5.29. The van der Waals surface area contributed by atoms with Gasteiger partial charge in [0, 0.05) is 23.9 Å². The van der Waals surface area contributed by atoms with Crippen molar-refractivity contribution in [1.82, 2.24) is 5.32 Å². The van der Waals surface area contributed by atoms with Gasteiger partial charge in [0.25, 0.3) is 5.69 Å². The highest BCUT2D eigenvalue weighted by Crippen LogP contribution is 2.25. The summed E-state index contributed by atoms with van der Waals surface area (Å²) in [6.07, 6.45) is 1.93. The number of nitrogens with zero attached hydrogens (tertiary/aromatic N) is 1. The summed E-state index contributed by atoms with van der Waals surface area (Å²) < 4.78 is 0. The van der Waals surface area contributed by atoms with Crippen molar-refractivity contribution >= 4 is 17.4 Å². The average molecular weight is 265 g/mol. The number of aryl methyl sites for hydroxylation is 2. The summed E-state index contributed by atoms with van der Waals surface area (Å²) in [6, 6.07) is 2.80. The lowest BCUT2D eigenvalue weighted by Crippen LogP contribution is -2.29. The highest BCUT2D eigenvalue weighted by atomic mass is 16.6. The predicted octanol–water partition coefficient (Wildman–Crippen LogP) is 3.13. The third kappa shape index (κ3) is 4.24. The second kappa shape index (κ2) is 6.72. The molecule has 6 nitrogen and oxygen atoms in total. The van der Waals surface area contributed by atoms with Crippen LogP contribution >= 0.6 is 0 Å². The Balaban J connectivity index is 2.77. The average Bonchev–Trinajstić information content (AvgIpc) is 2.33. The second-order valence-corrected chi connectivity index (χ2v) is 4.45. The topological polar surface area (TPSA) is 84.3 Å². The molecule has 1 aromatic rings. The molecule has 0 spiro atoms. The van der Waals surface area contributed by atoms with Crippen LogP contribution in [0.1, 0.15) is 30.9 Å². The highest BCUT2D eigenvalue weighted by Gasteiger charge is 2.14. The number of anilines is 1. The smallest absolute Gasteiger partial charge is 0.319 e. The molecule has 0 saturated heterocycles. The van der Waals surface area contributed by atoms with Gasteiger partial charge in [0.2, 0.25) is 0 Å². The third-order valence-corrected chi connectivity index (χ3v) is 2.80. The number of benzene rings is 1. The second-order valence-electron chi connectivity index (χ2n) is 4.45. The molecular formula is C13H19N3O3. The van der Waals surface area contributed by atoms with Crippen LogP contribution in [0, 0.1) is 24.0 Å². The molecular weight excluding hydrogens is 246 g/mol. The molecule has 2 amide bonds. The molecule has 0 radical (unpaired) electrons. The summed E-state index contributed by atoms with van der Waals surface area (Å²) in [6.45, 7) is 6.04. The van der Waals surface area contributed by atoms with Crippen LogP contribution in [-0.4, -0.2) is 17.5 Å². The molecule has 2 N–H and O–H groups in total. The van der Waals surface area contributed by atoms with E-state index in [2.05, 4.69) is 10.6 Å². The van der Waals surface area contributed by atoms with Crippen molar-refractivity contribution in [2.75, 3.05) is 11.9 Å². The Bertz CT molecular complexity index is 486. The van der Waals surface area contributed by atoms with Crippen molar-refractivity contribution in [2.24, 2.45) is 0 Å². The van der Waals surface area contributed by atoms with Crippen molar-refractivity contribution in [3.63, 3.8) is 0 Å². The van der Waals surface area contributed by atoms with Crippen molar-refractivity contribution < 1.29 is 9.72 Å². The van der Waals surface area contributed by atoms with Crippen molar-refractivity contribution in [3.05, 3.63) is 33.4 Å². The van der Waals surface area contributed by atoms with Gasteiger partial charge in [-0.25, -0.2) is 4.79 Å². The van der Waals surface area contributed by atoms with E-state index in [1.54, 1.807) is 19.9 Å². The summed E-state index contributed by atoms with van der Waals surface area (Å²) in [4.78, 5) is 22.0. The van der Waals surface area contributed by atoms with E-state index in [9.17, 15) is 14.9 Å². The number of rotatable bonds is 5. The third-order valence-electron chi connectivity index (χ3n) is 2.80. The normalized spacial score (nSPS) is 10.1. The number of carbonyl (C=O) groups is 1. The van der Waals surface area contributed by atoms with E-state index in [0.29, 0.717) is 23.4 Å². The van der Waals surface area contributed by atoms with Gasteiger partial charge in [0.1, 0.15) is 0 Å². The van der Waals surface area contributed by atoms with E-state index >= 15 is 0 Å². The number of unbranched alkanes of at least 4 members (excludes halogenated alkanes) is 1. The molecule has 0 heterocycles. The number of hydrogen-bond acceptors (Lipinski definition) is 3. The molecule has 1 rings (SSSR count). The molecule has 0 bridgehead atoms. The molecule has 0 aliphatic rings. The first-order valence-electron chi connectivity index (χ1n) is 6.26. The molecule has 0 aliphatic carbocycles. The number of hydrogen-bond donors (Lipinski definition) is 2. The van der Waals surface area contributed by atoms with Gasteiger partial charge in [-0.3, -0.25) is 10.1 Å². The van der Waals surface area contributed by atoms with E-state index in [1.807, 2.05) is 6.92 Å². The Morgan fingerprint density at radius 1 is 1.32 bits per heavy atom. The number of nitro benzene ring substituents is 1. The van der Waals surface area contributed by atoms with Crippen LogP contribution in [-0.2, 0) is 0 Å². The lowest BCUT2D eigenvalue weighted by atomic mass is 10.1. The minimum Gasteiger partial charge on any atom is -0.338 e. The van der Waals surface area contributed by atoms with Crippen molar-refractivity contribution in [3.8, 4) is 0 Å². The molecule has 0 aromatic heterocycles. The lowest BCUT2D eigenvalue weighted by molar-refractivity contribution is -0.385. The number of urea groups is 1. The van der Waals surface area contributed by atoms with Gasteiger partial charge in [-0.05, 0) is 31.9 Å². The number of amides is 2. The maximum Gasteiger partial charge on any atom is 0.319 e. The zero-order valence-electron chi connectivity index (χ0n) is 11.4. The summed E-state index contributed by atoms with van der Waals surface area (Å²) in [7, 11) is 0. The van der Waals surface area contributed by atoms with Gasteiger partial charge >= 0.3 is 6.03 Å². The van der Waals surface area contributed by atoms with Gasteiger partial charge in [0.15, 0.2) is 0 Å². The summed E-state index contributed by atoms with van der Waals surface area (Å²) in [5, 5.41) is 16.2. The molecule has 0 aliphatic heterocycles. The van der Waals surface area contributed by atoms with Crippen LogP contribution in [0.5, 0.6) is 0 Å². The molecule has 0 atom stereocenters. The van der Waals surface area contributed by atoms with E-state index < -0.39 is 4.92 Å². The fourth-order valence-electron chi connectivity index (χ4n) is 1.68. The van der Waals surface area contributed by atoms with E-state index in [-0.39, 0.29) is 11.7 Å². The van der Waals surface area contributed by atoms with Gasteiger partial charge in [-0.15, -0.1) is 0 Å². The minimum absolute atomic E-state index is 0.0643. The SMILES string of the molecule is CCCCNC(=O)Nc1cc(C)c([N+](=O)[O-])cc1C. The number of carbonyl (C=O) groups excluding carboxylic acids is 1. The zero-order chi connectivity index (χ0) is 14.4. The summed E-state index contributed by atoms with van der Waals surface area (Å²) in [5.74, 6) is 0. The Morgan fingerprint density at radius 2 is 2.00 bits per heavy atom. The van der Waals surface area contributed by atoms with Crippen LogP contribution in [0.2, 0.25) is 0 Å². The fourth-order valence-corrected chi connectivity index (χ4v) is 1.68. The molecule has 19 heavy (non-hydrogen) atoms. The zero-order valence-corrected chi connectivity index (χ0v) is 11.4. The van der Waals surface area contributed by atoms with Crippen LogP contribution in [0.3, 0.4) is 0 Å². The van der Waals surface area contributed by atoms with Gasteiger partial charge in [-0.1, -0.05) is 13.3 Å². The van der Waals surface area contributed by atoms with Crippen LogP contribution in [0.4, 0.5) is 16.2 Å². The highest BCUT2D eigenvalue weighted by molar-refractivity contribution is 5.90. The number of nitro groups is 1. The Labute approximate surface area is 112 Å². The van der Waals surface area contributed by atoms with E-state index in [0.717, 1.165) is 12.8 Å². The minimum atomic E-state index is -0.423. The van der Waals surface area contributed by atoms with Crippen molar-refractivity contribution in [2.45, 2.75) is 33.6 Å². The van der Waals surface area contributed by atoms with Crippen LogP contribution in [0.15, 0.2) is 12.1 Å². The summed E-state index contributed by atoms with van der Waals surface area (Å²) >= 11 is 0. The van der Waals surface area contributed by atoms with Gasteiger partial charge in [0.05, 0.1) is 4.92 Å². The molecule has 0 saturated carbocycles. The fraction of sp³-hybridized carbons (Fsp3) is 0.462. The van der Waals surface area contributed by atoms with Crippen LogP contribution in [0.25, 0.3) is 0 Å². The number of nitrogens with one attached hydrogen (secondary N) is 2. The van der Waals surface area contributed by atoms with E-state index in [1.165, 1.54) is 6.07 Å². The first-order valence-corrected chi connectivity index (χ1v) is 6.26. The first kappa shape index (κ1) is 14.9. The standard InChI is InChI=1S/C13H19N3O3/c1-4-5-6-14-13(17)15-11-7-10(3)12(16(18)19)8-9(11)2/h7-8H,4-6H2,1-3H3,(H2,14,15,17). The Morgan fingerprint density at radius 3 is 2.58 bits per heavy atom. The molecule has 104 valence electrons. The maximum atomic E-state index is 11.6. The van der Waals surface area contributed by atoms with Crippen molar-refractivity contribution in [1.29, 1.82) is 0 Å². The quantitative estimate of drug-likeness (QED) is 0.487. The largest absolute Gasteiger partial charge is 0.338 e. The van der Waals surface area contributed by atoms with Gasteiger partial charge < -0.3 is 10.6 Å². The maximum absolute atomic E-state index is 11.6. The first-order chi connectivity index (χ1) is 8.95. The molecule has 6 heteroatoms. The molecule has 1 aromatic carbocycles. The Hall–Kier alpha value is -2.11.